The van der Waals surface area contributed by atoms with Gasteiger partial charge < -0.3 is 9.84 Å². The molecule has 0 aromatic heterocycles. The number of morpholine rings is 1. The van der Waals surface area contributed by atoms with Crippen molar-refractivity contribution in [1.82, 2.24) is 4.90 Å². The van der Waals surface area contributed by atoms with E-state index in [1.54, 1.807) is 0 Å². The van der Waals surface area contributed by atoms with E-state index in [0.29, 0.717) is 19.1 Å². The van der Waals surface area contributed by atoms with Crippen LogP contribution in [-0.2, 0) is 9.53 Å². The number of hydrogen-bond acceptors (Lipinski definition) is 3. The second kappa shape index (κ2) is 4.72. The molecule has 0 bridgehead atoms. The summed E-state index contributed by atoms with van der Waals surface area (Å²) >= 11 is 0. The normalized spacial score (nSPS) is 36.4. The molecule has 4 heteroatoms. The van der Waals surface area contributed by atoms with Crippen molar-refractivity contribution in [2.75, 3.05) is 26.3 Å². The lowest BCUT2D eigenvalue weighted by atomic mass is 9.92. The lowest BCUT2D eigenvalue weighted by Gasteiger charge is -2.40. The number of carboxylic acid groups (broad SMARTS) is 1. The lowest BCUT2D eigenvalue weighted by Crippen LogP contribution is -2.56. The molecule has 1 saturated heterocycles. The van der Waals surface area contributed by atoms with Crippen molar-refractivity contribution in [1.29, 1.82) is 0 Å². The van der Waals surface area contributed by atoms with E-state index in [9.17, 15) is 9.90 Å². The standard InChI is InChI=1S/C12H21NO3/c1-2-10-3-4-12(9-10,11(14)15)13-5-7-16-8-6-13/h10H,2-9H2,1H3,(H,14,15). The van der Waals surface area contributed by atoms with Crippen LogP contribution >= 0.6 is 0 Å². The van der Waals surface area contributed by atoms with Gasteiger partial charge in [-0.1, -0.05) is 13.3 Å². The third-order valence-corrected chi connectivity index (χ3v) is 4.18. The molecule has 1 N–H and O–H groups in total. The van der Waals surface area contributed by atoms with Crippen LogP contribution in [0.1, 0.15) is 32.6 Å². The number of carbonyl (C=O) groups is 1. The molecule has 0 amide bonds. The summed E-state index contributed by atoms with van der Waals surface area (Å²) in [7, 11) is 0. The second-order valence-corrected chi connectivity index (χ2v) is 4.95. The van der Waals surface area contributed by atoms with Gasteiger partial charge in [-0.3, -0.25) is 9.69 Å². The fraction of sp³-hybridized carbons (Fsp3) is 0.917. The molecule has 2 rings (SSSR count). The zero-order chi connectivity index (χ0) is 11.6. The molecule has 2 atom stereocenters. The van der Waals surface area contributed by atoms with Crippen LogP contribution in [0.3, 0.4) is 0 Å². The highest BCUT2D eigenvalue weighted by Crippen LogP contribution is 2.41. The summed E-state index contributed by atoms with van der Waals surface area (Å²) < 4.78 is 5.30. The topological polar surface area (TPSA) is 49.8 Å². The lowest BCUT2D eigenvalue weighted by molar-refractivity contribution is -0.154. The van der Waals surface area contributed by atoms with Crippen LogP contribution in [0.4, 0.5) is 0 Å². The largest absolute Gasteiger partial charge is 0.480 e. The van der Waals surface area contributed by atoms with Gasteiger partial charge >= 0.3 is 5.97 Å². The average Bonchev–Trinajstić information content (AvgIpc) is 2.75. The predicted octanol–water partition coefficient (Wildman–Crippen LogP) is 1.35. The van der Waals surface area contributed by atoms with Gasteiger partial charge in [-0.2, -0.15) is 0 Å². The first-order chi connectivity index (χ1) is 7.69. The van der Waals surface area contributed by atoms with Crippen LogP contribution in [0.15, 0.2) is 0 Å². The molecule has 1 heterocycles. The van der Waals surface area contributed by atoms with Gasteiger partial charge in [-0.05, 0) is 25.2 Å². The highest BCUT2D eigenvalue weighted by molar-refractivity contribution is 5.79. The van der Waals surface area contributed by atoms with Crippen LogP contribution in [-0.4, -0.2) is 47.8 Å². The summed E-state index contributed by atoms with van der Waals surface area (Å²) in [6.45, 7) is 5.03. The number of rotatable bonds is 3. The van der Waals surface area contributed by atoms with E-state index in [1.807, 2.05) is 0 Å². The first-order valence-corrected chi connectivity index (χ1v) is 6.25. The Labute approximate surface area is 96.6 Å². The van der Waals surface area contributed by atoms with Crippen molar-refractivity contribution in [3.8, 4) is 0 Å². The summed E-state index contributed by atoms with van der Waals surface area (Å²) in [5, 5.41) is 9.55. The Kier molecular flexibility index (Phi) is 3.50. The molecule has 2 aliphatic rings. The van der Waals surface area contributed by atoms with E-state index in [4.69, 9.17) is 4.74 Å². The fourth-order valence-corrected chi connectivity index (χ4v) is 3.08. The Morgan fingerprint density at radius 2 is 2.19 bits per heavy atom. The molecular formula is C12H21NO3. The van der Waals surface area contributed by atoms with Crippen LogP contribution in [0, 0.1) is 5.92 Å². The Morgan fingerprint density at radius 1 is 1.50 bits per heavy atom. The van der Waals surface area contributed by atoms with Crippen molar-refractivity contribution >= 4 is 5.97 Å². The minimum absolute atomic E-state index is 0.582. The van der Waals surface area contributed by atoms with Gasteiger partial charge in [0.2, 0.25) is 0 Å². The average molecular weight is 227 g/mol. The summed E-state index contributed by atoms with van der Waals surface area (Å²) in [6.07, 6.45) is 3.78. The number of aliphatic carboxylic acids is 1. The Bertz CT molecular complexity index is 263. The summed E-state index contributed by atoms with van der Waals surface area (Å²) in [5.41, 5.74) is -0.593. The van der Waals surface area contributed by atoms with E-state index in [0.717, 1.165) is 38.8 Å². The van der Waals surface area contributed by atoms with E-state index < -0.39 is 11.5 Å². The molecule has 0 radical (unpaired) electrons. The van der Waals surface area contributed by atoms with Gasteiger partial charge in [0, 0.05) is 13.1 Å². The van der Waals surface area contributed by atoms with E-state index in [1.165, 1.54) is 0 Å². The number of carboxylic acids is 1. The molecule has 2 fully saturated rings. The summed E-state index contributed by atoms with van der Waals surface area (Å²) in [6, 6.07) is 0. The van der Waals surface area contributed by atoms with Crippen molar-refractivity contribution in [3.05, 3.63) is 0 Å². The van der Waals surface area contributed by atoms with Crippen LogP contribution in [0.2, 0.25) is 0 Å². The van der Waals surface area contributed by atoms with Crippen molar-refractivity contribution in [3.63, 3.8) is 0 Å². The molecule has 16 heavy (non-hydrogen) atoms. The third-order valence-electron chi connectivity index (χ3n) is 4.18. The minimum atomic E-state index is -0.634. The van der Waals surface area contributed by atoms with Crippen LogP contribution in [0.5, 0.6) is 0 Å². The zero-order valence-corrected chi connectivity index (χ0v) is 9.95. The molecule has 0 spiro atoms. The zero-order valence-electron chi connectivity index (χ0n) is 9.95. The van der Waals surface area contributed by atoms with Gasteiger partial charge in [-0.25, -0.2) is 0 Å². The molecule has 2 unspecified atom stereocenters. The quantitative estimate of drug-likeness (QED) is 0.790. The van der Waals surface area contributed by atoms with Crippen molar-refractivity contribution in [2.45, 2.75) is 38.1 Å². The number of ether oxygens (including phenoxy) is 1. The first-order valence-electron chi connectivity index (χ1n) is 6.25. The SMILES string of the molecule is CCC1CCC(C(=O)O)(N2CCOCC2)C1. The minimum Gasteiger partial charge on any atom is -0.480 e. The summed E-state index contributed by atoms with van der Waals surface area (Å²) in [5.74, 6) is -0.0516. The summed E-state index contributed by atoms with van der Waals surface area (Å²) in [4.78, 5) is 13.7. The third kappa shape index (κ3) is 1.96. The maximum absolute atomic E-state index is 11.6. The predicted molar refractivity (Wildman–Crippen MR) is 60.4 cm³/mol. The van der Waals surface area contributed by atoms with Gasteiger partial charge in [0.1, 0.15) is 5.54 Å². The molecule has 0 aromatic rings. The Morgan fingerprint density at radius 3 is 2.69 bits per heavy atom. The van der Waals surface area contributed by atoms with E-state index in [2.05, 4.69) is 11.8 Å². The van der Waals surface area contributed by atoms with Crippen LogP contribution in [0.25, 0.3) is 0 Å². The number of hydrogen-bond donors (Lipinski definition) is 1. The van der Waals surface area contributed by atoms with Crippen molar-refractivity contribution in [2.24, 2.45) is 5.92 Å². The molecule has 4 nitrogen and oxygen atoms in total. The molecule has 1 saturated carbocycles. The molecule has 0 aromatic carbocycles. The highest BCUT2D eigenvalue weighted by Gasteiger charge is 2.49. The van der Waals surface area contributed by atoms with Crippen LogP contribution < -0.4 is 0 Å². The maximum Gasteiger partial charge on any atom is 0.324 e. The van der Waals surface area contributed by atoms with Gasteiger partial charge in [0.25, 0.3) is 0 Å². The number of nitrogens with zero attached hydrogens (tertiary/aromatic N) is 1. The Balaban J connectivity index is 2.12. The highest BCUT2D eigenvalue weighted by atomic mass is 16.5. The van der Waals surface area contributed by atoms with Crippen molar-refractivity contribution < 1.29 is 14.6 Å². The van der Waals surface area contributed by atoms with E-state index in [-0.39, 0.29) is 0 Å². The van der Waals surface area contributed by atoms with Gasteiger partial charge in [0.15, 0.2) is 0 Å². The smallest absolute Gasteiger partial charge is 0.324 e. The van der Waals surface area contributed by atoms with Gasteiger partial charge in [0.05, 0.1) is 13.2 Å². The molecule has 1 aliphatic heterocycles. The monoisotopic (exact) mass is 227 g/mol. The Hall–Kier alpha value is -0.610. The fourth-order valence-electron chi connectivity index (χ4n) is 3.08. The van der Waals surface area contributed by atoms with E-state index >= 15 is 0 Å². The molecule has 92 valence electrons. The molecular weight excluding hydrogens is 206 g/mol. The second-order valence-electron chi connectivity index (χ2n) is 4.95. The molecule has 1 aliphatic carbocycles. The van der Waals surface area contributed by atoms with Gasteiger partial charge in [-0.15, -0.1) is 0 Å². The first kappa shape index (κ1) is 11.9. The maximum atomic E-state index is 11.6.